The smallest absolute Gasteiger partial charge is 0.462 e. The van der Waals surface area contributed by atoms with Gasteiger partial charge < -0.3 is 18.9 Å². The van der Waals surface area contributed by atoms with E-state index in [9.17, 15) is 23.8 Å². The van der Waals surface area contributed by atoms with Crippen LogP contribution in [0.5, 0.6) is 0 Å². The minimum atomic E-state index is -4.34. The summed E-state index contributed by atoms with van der Waals surface area (Å²) in [7, 11) is 1.40. The molecular formula is C28H51NO9P+. The molecule has 0 aromatic heterocycles. The van der Waals surface area contributed by atoms with Gasteiger partial charge in [-0.1, -0.05) is 57.3 Å². The highest BCUT2D eigenvalue weighted by Crippen LogP contribution is 2.43. The fraction of sp³-hybridized carbons (Fsp3) is 0.750. The van der Waals surface area contributed by atoms with Crippen LogP contribution >= 0.6 is 7.82 Å². The normalized spacial score (nSPS) is 14.4. The van der Waals surface area contributed by atoms with E-state index in [0.717, 1.165) is 51.4 Å². The number of ether oxygens (including phenoxy) is 2. The molecule has 11 heteroatoms. The van der Waals surface area contributed by atoms with Crippen LogP contribution in [0.15, 0.2) is 24.3 Å². The Morgan fingerprint density at radius 1 is 0.897 bits per heavy atom. The average Bonchev–Trinajstić information content (AvgIpc) is 2.83. The number of ketones is 1. The quantitative estimate of drug-likeness (QED) is 0.0407. The molecule has 39 heavy (non-hydrogen) atoms. The Morgan fingerprint density at radius 3 is 2.23 bits per heavy atom. The van der Waals surface area contributed by atoms with Gasteiger partial charge in [0.2, 0.25) is 0 Å². The predicted molar refractivity (Wildman–Crippen MR) is 151 cm³/mol. The first-order valence-corrected chi connectivity index (χ1v) is 15.5. The summed E-state index contributed by atoms with van der Waals surface area (Å²) in [6, 6.07) is 0. The fourth-order valence-corrected chi connectivity index (χ4v) is 3.99. The van der Waals surface area contributed by atoms with Crippen molar-refractivity contribution < 1.29 is 46.8 Å². The van der Waals surface area contributed by atoms with Crippen LogP contribution in [-0.4, -0.2) is 80.7 Å². The third kappa shape index (κ3) is 26.2. The van der Waals surface area contributed by atoms with Crippen LogP contribution in [0, 0.1) is 0 Å². The topological polar surface area (TPSA) is 125 Å². The number of allylic oxidation sites excluding steroid dienone is 4. The number of quaternary nitrogens is 1. The van der Waals surface area contributed by atoms with E-state index in [0.29, 0.717) is 23.9 Å². The van der Waals surface area contributed by atoms with Gasteiger partial charge in [0.05, 0.1) is 27.7 Å². The average molecular weight is 577 g/mol. The van der Waals surface area contributed by atoms with Crippen molar-refractivity contribution in [3.05, 3.63) is 24.3 Å². The van der Waals surface area contributed by atoms with Gasteiger partial charge in [0.25, 0.3) is 0 Å². The molecule has 0 aromatic carbocycles. The molecule has 0 aromatic rings. The molecule has 0 radical (unpaired) electrons. The molecular weight excluding hydrogens is 525 g/mol. The van der Waals surface area contributed by atoms with Crippen molar-refractivity contribution in [3.63, 3.8) is 0 Å². The van der Waals surface area contributed by atoms with E-state index in [1.807, 2.05) is 27.2 Å². The second-order valence-electron chi connectivity index (χ2n) is 10.5. The summed E-state index contributed by atoms with van der Waals surface area (Å²) in [6.07, 6.45) is 15.8. The molecule has 226 valence electrons. The fourth-order valence-electron chi connectivity index (χ4n) is 3.25. The molecule has 1 N–H and O–H groups in total. The Labute approximate surface area is 234 Å². The van der Waals surface area contributed by atoms with E-state index in [2.05, 4.69) is 13.0 Å². The number of hydrogen-bond donors (Lipinski definition) is 1. The maximum Gasteiger partial charge on any atom is 0.472 e. The van der Waals surface area contributed by atoms with Gasteiger partial charge in [-0.3, -0.25) is 23.4 Å². The molecule has 0 rings (SSSR count). The molecule has 0 spiro atoms. The SMILES string of the molecule is CCCCCC(=O)/C=C/C=C\CCCCCCCC(=O)O[C@H](COC(C)=O)COP(=O)(O)OCC[N+](C)(C)C. The summed E-state index contributed by atoms with van der Waals surface area (Å²) in [4.78, 5) is 44.9. The van der Waals surface area contributed by atoms with Gasteiger partial charge in [0.15, 0.2) is 11.9 Å². The van der Waals surface area contributed by atoms with E-state index in [1.165, 1.54) is 6.92 Å². The number of esters is 2. The van der Waals surface area contributed by atoms with Crippen molar-refractivity contribution in [3.8, 4) is 0 Å². The second kappa shape index (κ2) is 21.9. The number of hydrogen-bond acceptors (Lipinski definition) is 8. The van der Waals surface area contributed by atoms with E-state index in [4.69, 9.17) is 18.5 Å². The minimum Gasteiger partial charge on any atom is -0.462 e. The molecule has 1 unspecified atom stereocenters. The van der Waals surface area contributed by atoms with Crippen LogP contribution in [0.1, 0.15) is 84.5 Å². The second-order valence-corrected chi connectivity index (χ2v) is 12.0. The Kier molecular flexibility index (Phi) is 20.9. The van der Waals surface area contributed by atoms with Crippen LogP contribution in [0.25, 0.3) is 0 Å². The lowest BCUT2D eigenvalue weighted by Crippen LogP contribution is -2.37. The third-order valence-electron chi connectivity index (χ3n) is 5.52. The monoisotopic (exact) mass is 576 g/mol. The highest BCUT2D eigenvalue weighted by molar-refractivity contribution is 7.47. The summed E-state index contributed by atoms with van der Waals surface area (Å²) < 4.78 is 32.8. The van der Waals surface area contributed by atoms with Crippen LogP contribution in [0.2, 0.25) is 0 Å². The van der Waals surface area contributed by atoms with Crippen molar-refractivity contribution in [2.75, 3.05) is 47.5 Å². The van der Waals surface area contributed by atoms with Crippen molar-refractivity contribution >= 4 is 25.5 Å². The van der Waals surface area contributed by atoms with Crippen LogP contribution < -0.4 is 0 Å². The number of phosphoric acid groups is 1. The summed E-state index contributed by atoms with van der Waals surface area (Å²) in [5.41, 5.74) is 0. The number of nitrogens with zero attached hydrogens (tertiary/aromatic N) is 1. The van der Waals surface area contributed by atoms with Crippen LogP contribution in [-0.2, 0) is 37.5 Å². The molecule has 0 saturated carbocycles. The molecule has 0 saturated heterocycles. The summed E-state index contributed by atoms with van der Waals surface area (Å²) in [5.74, 6) is -0.886. The maximum absolute atomic E-state index is 12.2. The number of carbonyl (C=O) groups excluding carboxylic acids is 3. The Hall–Kier alpha value is -1.84. The van der Waals surface area contributed by atoms with E-state index in [-0.39, 0.29) is 25.4 Å². The number of carbonyl (C=O) groups is 3. The molecule has 0 amide bonds. The first-order valence-electron chi connectivity index (χ1n) is 14.0. The molecule has 2 atom stereocenters. The number of rotatable bonds is 24. The van der Waals surface area contributed by atoms with Crippen molar-refractivity contribution in [1.29, 1.82) is 0 Å². The van der Waals surface area contributed by atoms with Gasteiger partial charge in [-0.15, -0.1) is 0 Å². The molecule has 0 bridgehead atoms. The highest BCUT2D eigenvalue weighted by Gasteiger charge is 2.26. The number of phosphoric ester groups is 1. The lowest BCUT2D eigenvalue weighted by molar-refractivity contribution is -0.870. The van der Waals surface area contributed by atoms with Gasteiger partial charge in [-0.25, -0.2) is 4.57 Å². The predicted octanol–water partition coefficient (Wildman–Crippen LogP) is 5.29. The third-order valence-corrected chi connectivity index (χ3v) is 6.50. The number of unbranched alkanes of at least 4 members (excludes halogenated alkanes) is 7. The van der Waals surface area contributed by atoms with Crippen LogP contribution in [0.4, 0.5) is 0 Å². The Bertz CT molecular complexity index is 805. The van der Waals surface area contributed by atoms with Gasteiger partial charge in [0.1, 0.15) is 19.8 Å². The van der Waals surface area contributed by atoms with Crippen molar-refractivity contribution in [2.45, 2.75) is 90.6 Å². The summed E-state index contributed by atoms with van der Waals surface area (Å²) >= 11 is 0. The van der Waals surface area contributed by atoms with Gasteiger partial charge in [0, 0.05) is 19.8 Å². The lowest BCUT2D eigenvalue weighted by atomic mass is 10.1. The Balaban J connectivity index is 4.18. The zero-order chi connectivity index (χ0) is 29.6. The van der Waals surface area contributed by atoms with Gasteiger partial charge >= 0.3 is 19.8 Å². The Morgan fingerprint density at radius 2 is 1.56 bits per heavy atom. The van der Waals surface area contributed by atoms with Crippen molar-refractivity contribution in [1.82, 2.24) is 0 Å². The zero-order valence-electron chi connectivity index (χ0n) is 24.6. The maximum atomic E-state index is 12.2. The van der Waals surface area contributed by atoms with E-state index < -0.39 is 32.5 Å². The highest BCUT2D eigenvalue weighted by atomic mass is 31.2. The standard InChI is InChI=1S/C28H50NO9P/c1-6-7-15-18-26(31)19-16-13-11-9-8-10-12-14-17-20-28(32)38-27(23-35-25(2)30)24-37-39(33,34)36-22-21-29(3,4)5/h11,13,16,19,27H,6-10,12,14-15,17-18,20-24H2,1-5H3/p+1/b13-11-,19-16+/t27-/m1/s1. The molecule has 0 fully saturated rings. The lowest BCUT2D eigenvalue weighted by Gasteiger charge is -2.24. The minimum absolute atomic E-state index is 0.0131. The van der Waals surface area contributed by atoms with Crippen molar-refractivity contribution in [2.24, 2.45) is 0 Å². The summed E-state index contributed by atoms with van der Waals surface area (Å²) in [6.45, 7) is 3.12. The van der Waals surface area contributed by atoms with Gasteiger partial charge in [-0.2, -0.15) is 0 Å². The molecule has 0 aliphatic carbocycles. The largest absolute Gasteiger partial charge is 0.472 e. The summed E-state index contributed by atoms with van der Waals surface area (Å²) in [5, 5.41) is 0. The van der Waals surface area contributed by atoms with E-state index >= 15 is 0 Å². The first kappa shape index (κ1) is 37.2. The molecule has 0 aliphatic heterocycles. The molecule has 0 heterocycles. The van der Waals surface area contributed by atoms with E-state index in [1.54, 1.807) is 12.2 Å². The molecule has 10 nitrogen and oxygen atoms in total. The zero-order valence-corrected chi connectivity index (χ0v) is 25.5. The first-order chi connectivity index (χ1) is 18.3. The van der Waals surface area contributed by atoms with Gasteiger partial charge in [-0.05, 0) is 31.8 Å². The number of likely N-dealkylation sites (N-methyl/N-ethyl adjacent to an activating group) is 1. The molecule has 0 aliphatic rings. The van der Waals surface area contributed by atoms with Crippen LogP contribution in [0.3, 0.4) is 0 Å².